The zero-order chi connectivity index (χ0) is 15.5. The summed E-state index contributed by atoms with van der Waals surface area (Å²) in [4.78, 5) is 6.55. The first kappa shape index (κ1) is 15.6. The fraction of sp³-hybridized carbons (Fsp3) is 0.471. The highest BCUT2D eigenvalue weighted by Gasteiger charge is 2.13. The second kappa shape index (κ2) is 6.31. The van der Waals surface area contributed by atoms with Crippen molar-refractivity contribution in [2.45, 2.75) is 46.3 Å². The predicted molar refractivity (Wildman–Crippen MR) is 86.4 cm³/mol. The minimum atomic E-state index is 0.0760. The zero-order valence-corrected chi connectivity index (χ0v) is 13.6. The predicted octanol–water partition coefficient (Wildman–Crippen LogP) is 3.51. The van der Waals surface area contributed by atoms with Crippen molar-refractivity contribution in [1.82, 2.24) is 10.3 Å². The number of aromatic nitrogens is 1. The first-order chi connectivity index (χ1) is 9.83. The molecule has 1 aromatic carbocycles. The Kier molecular flexibility index (Phi) is 4.68. The molecule has 114 valence electrons. The Morgan fingerprint density at radius 3 is 2.71 bits per heavy atom. The van der Waals surface area contributed by atoms with Crippen LogP contribution in [0.1, 0.15) is 37.6 Å². The molecule has 0 spiro atoms. The van der Waals surface area contributed by atoms with Crippen molar-refractivity contribution in [1.29, 1.82) is 0 Å². The van der Waals surface area contributed by atoms with Gasteiger partial charge in [-0.2, -0.15) is 4.98 Å². The van der Waals surface area contributed by atoms with E-state index in [2.05, 4.69) is 62.3 Å². The van der Waals surface area contributed by atoms with Gasteiger partial charge in [-0.3, -0.25) is 0 Å². The SMILES string of the molecule is Cc1cccc(CN(C)c2nc(CNC(C)(C)C)co2)c1. The molecular formula is C17H25N3O. The van der Waals surface area contributed by atoms with Crippen molar-refractivity contribution in [2.24, 2.45) is 0 Å². The van der Waals surface area contributed by atoms with E-state index in [4.69, 9.17) is 4.42 Å². The molecule has 0 aliphatic rings. The molecule has 0 aliphatic heterocycles. The molecule has 0 bridgehead atoms. The molecule has 1 heterocycles. The van der Waals surface area contributed by atoms with Crippen molar-refractivity contribution in [2.75, 3.05) is 11.9 Å². The molecule has 0 saturated heterocycles. The van der Waals surface area contributed by atoms with Gasteiger partial charge in [0, 0.05) is 25.7 Å². The molecule has 0 fully saturated rings. The average Bonchev–Trinajstić information content (AvgIpc) is 2.84. The summed E-state index contributed by atoms with van der Waals surface area (Å²) in [5, 5.41) is 3.41. The molecule has 21 heavy (non-hydrogen) atoms. The Bertz CT molecular complexity index is 584. The van der Waals surface area contributed by atoms with Crippen LogP contribution in [0, 0.1) is 6.92 Å². The van der Waals surface area contributed by atoms with E-state index in [0.29, 0.717) is 12.6 Å². The van der Waals surface area contributed by atoms with Gasteiger partial charge in [0.1, 0.15) is 6.26 Å². The van der Waals surface area contributed by atoms with Gasteiger partial charge in [0.25, 0.3) is 6.01 Å². The summed E-state index contributed by atoms with van der Waals surface area (Å²) in [5.74, 6) is 0. The molecule has 0 aliphatic carbocycles. The van der Waals surface area contributed by atoms with E-state index < -0.39 is 0 Å². The van der Waals surface area contributed by atoms with Crippen LogP contribution in [0.5, 0.6) is 0 Å². The van der Waals surface area contributed by atoms with Crippen LogP contribution in [0.3, 0.4) is 0 Å². The van der Waals surface area contributed by atoms with Gasteiger partial charge in [-0.25, -0.2) is 0 Å². The average molecular weight is 287 g/mol. The largest absolute Gasteiger partial charge is 0.432 e. The summed E-state index contributed by atoms with van der Waals surface area (Å²) in [6.45, 7) is 10.0. The Morgan fingerprint density at radius 1 is 1.29 bits per heavy atom. The lowest BCUT2D eigenvalue weighted by atomic mass is 10.1. The third kappa shape index (κ3) is 4.90. The number of nitrogens with one attached hydrogen (secondary N) is 1. The number of hydrogen-bond donors (Lipinski definition) is 1. The molecule has 0 unspecified atom stereocenters. The Hall–Kier alpha value is -1.81. The van der Waals surface area contributed by atoms with Crippen LogP contribution in [-0.2, 0) is 13.1 Å². The lowest BCUT2D eigenvalue weighted by Crippen LogP contribution is -2.35. The van der Waals surface area contributed by atoms with Crippen LogP contribution in [0.2, 0.25) is 0 Å². The number of nitrogens with zero attached hydrogens (tertiary/aromatic N) is 2. The fourth-order valence-corrected chi connectivity index (χ4v) is 2.06. The molecule has 2 rings (SSSR count). The number of benzene rings is 1. The molecule has 2 aromatic rings. The van der Waals surface area contributed by atoms with E-state index in [-0.39, 0.29) is 5.54 Å². The quantitative estimate of drug-likeness (QED) is 0.913. The molecule has 1 N–H and O–H groups in total. The first-order valence-corrected chi connectivity index (χ1v) is 7.29. The number of rotatable bonds is 5. The summed E-state index contributed by atoms with van der Waals surface area (Å²) in [5.41, 5.74) is 3.52. The minimum Gasteiger partial charge on any atom is -0.432 e. The summed E-state index contributed by atoms with van der Waals surface area (Å²) >= 11 is 0. The van der Waals surface area contributed by atoms with Gasteiger partial charge < -0.3 is 14.6 Å². The van der Waals surface area contributed by atoms with Gasteiger partial charge in [0.15, 0.2) is 0 Å². The highest BCUT2D eigenvalue weighted by atomic mass is 16.4. The molecule has 0 saturated carbocycles. The van der Waals surface area contributed by atoms with E-state index in [1.807, 2.05) is 11.9 Å². The molecule has 0 atom stereocenters. The van der Waals surface area contributed by atoms with E-state index in [9.17, 15) is 0 Å². The third-order valence-corrected chi connectivity index (χ3v) is 3.17. The summed E-state index contributed by atoms with van der Waals surface area (Å²) in [6, 6.07) is 9.13. The zero-order valence-electron chi connectivity index (χ0n) is 13.6. The van der Waals surface area contributed by atoms with Gasteiger partial charge in [-0.05, 0) is 33.3 Å². The fourth-order valence-electron chi connectivity index (χ4n) is 2.06. The molecule has 0 amide bonds. The van der Waals surface area contributed by atoms with Crippen molar-refractivity contribution < 1.29 is 4.42 Å². The molecule has 4 nitrogen and oxygen atoms in total. The highest BCUT2D eigenvalue weighted by molar-refractivity contribution is 5.30. The summed E-state index contributed by atoms with van der Waals surface area (Å²) < 4.78 is 5.57. The van der Waals surface area contributed by atoms with Gasteiger partial charge in [-0.1, -0.05) is 29.8 Å². The maximum atomic E-state index is 5.57. The topological polar surface area (TPSA) is 41.3 Å². The lowest BCUT2D eigenvalue weighted by molar-refractivity contribution is 0.421. The Labute approximate surface area is 127 Å². The van der Waals surface area contributed by atoms with Crippen LogP contribution in [-0.4, -0.2) is 17.6 Å². The normalized spacial score (nSPS) is 11.7. The standard InChI is InChI=1S/C17H25N3O/c1-13-7-6-8-14(9-13)11-20(5)16-19-15(12-21-16)10-18-17(2,3)4/h6-9,12,18H,10-11H2,1-5H3. The lowest BCUT2D eigenvalue weighted by Gasteiger charge is -2.19. The minimum absolute atomic E-state index is 0.0760. The van der Waals surface area contributed by atoms with Crippen LogP contribution in [0.25, 0.3) is 0 Å². The van der Waals surface area contributed by atoms with Gasteiger partial charge in [-0.15, -0.1) is 0 Å². The van der Waals surface area contributed by atoms with Crippen molar-refractivity contribution >= 4 is 6.01 Å². The third-order valence-electron chi connectivity index (χ3n) is 3.17. The van der Waals surface area contributed by atoms with E-state index in [1.54, 1.807) is 6.26 Å². The van der Waals surface area contributed by atoms with Crippen molar-refractivity contribution in [3.8, 4) is 0 Å². The summed E-state index contributed by atoms with van der Waals surface area (Å²) in [6.07, 6.45) is 1.72. The Morgan fingerprint density at radius 2 is 2.05 bits per heavy atom. The Balaban J connectivity index is 1.97. The van der Waals surface area contributed by atoms with Crippen molar-refractivity contribution in [3.63, 3.8) is 0 Å². The monoisotopic (exact) mass is 287 g/mol. The van der Waals surface area contributed by atoms with Crippen LogP contribution in [0.4, 0.5) is 6.01 Å². The van der Waals surface area contributed by atoms with Gasteiger partial charge >= 0.3 is 0 Å². The van der Waals surface area contributed by atoms with Gasteiger partial charge in [0.05, 0.1) is 5.69 Å². The molecule has 4 heteroatoms. The first-order valence-electron chi connectivity index (χ1n) is 7.29. The number of hydrogen-bond acceptors (Lipinski definition) is 4. The number of aryl methyl sites for hydroxylation is 1. The molecule has 1 aromatic heterocycles. The maximum absolute atomic E-state index is 5.57. The number of anilines is 1. The highest BCUT2D eigenvalue weighted by Crippen LogP contribution is 2.16. The smallest absolute Gasteiger partial charge is 0.297 e. The second-order valence-corrected chi connectivity index (χ2v) is 6.57. The van der Waals surface area contributed by atoms with Gasteiger partial charge in [0.2, 0.25) is 0 Å². The van der Waals surface area contributed by atoms with E-state index >= 15 is 0 Å². The van der Waals surface area contributed by atoms with Crippen molar-refractivity contribution in [3.05, 3.63) is 47.3 Å². The molecular weight excluding hydrogens is 262 g/mol. The van der Waals surface area contributed by atoms with Crippen LogP contribution < -0.4 is 10.2 Å². The number of oxazole rings is 1. The second-order valence-electron chi connectivity index (χ2n) is 6.57. The van der Waals surface area contributed by atoms with Crippen LogP contribution in [0.15, 0.2) is 34.9 Å². The van der Waals surface area contributed by atoms with E-state index in [1.165, 1.54) is 11.1 Å². The summed E-state index contributed by atoms with van der Waals surface area (Å²) in [7, 11) is 2.00. The maximum Gasteiger partial charge on any atom is 0.297 e. The van der Waals surface area contributed by atoms with Crippen LogP contribution >= 0.6 is 0 Å². The molecule has 0 radical (unpaired) electrons. The van der Waals surface area contributed by atoms with E-state index in [0.717, 1.165) is 12.2 Å².